The van der Waals surface area contributed by atoms with E-state index in [1.807, 2.05) is 18.2 Å². The number of H-pyrrole nitrogens is 1. The smallest absolute Gasteiger partial charge is 0.340 e. The minimum atomic E-state index is -0.179. The lowest BCUT2D eigenvalue weighted by Crippen LogP contribution is -2.60. The summed E-state index contributed by atoms with van der Waals surface area (Å²) in [6.07, 6.45) is 4.33. The molecule has 2 aromatic rings. The molecule has 1 aliphatic carbocycles. The van der Waals surface area contributed by atoms with E-state index >= 15 is 0 Å². The Bertz CT molecular complexity index is 756. The van der Waals surface area contributed by atoms with E-state index in [1.165, 1.54) is 19.4 Å². The van der Waals surface area contributed by atoms with Crippen LogP contribution in [0.4, 0.5) is 0 Å². The van der Waals surface area contributed by atoms with Crippen LogP contribution in [0, 0.1) is 17.8 Å². The SMILES string of the molecule is O=C(OC1C2CC3CC1CN(C3)C2)c1c[nH]c2ccc(Br)cc12. The lowest BCUT2D eigenvalue weighted by atomic mass is 9.66. The summed E-state index contributed by atoms with van der Waals surface area (Å²) in [6, 6.07) is 5.93. The molecule has 2 atom stereocenters. The molecule has 4 fully saturated rings. The Kier molecular flexibility index (Phi) is 3.10. The molecule has 0 spiro atoms. The summed E-state index contributed by atoms with van der Waals surface area (Å²) >= 11 is 3.48. The van der Waals surface area contributed by atoms with Gasteiger partial charge in [-0.15, -0.1) is 0 Å². The van der Waals surface area contributed by atoms with Crippen LogP contribution in [0.3, 0.4) is 0 Å². The first-order valence-electron chi connectivity index (χ1n) is 8.37. The van der Waals surface area contributed by atoms with Crippen molar-refractivity contribution in [2.75, 3.05) is 19.6 Å². The molecule has 6 rings (SSSR count). The first-order chi connectivity index (χ1) is 11.2. The fourth-order valence-electron chi connectivity index (χ4n) is 5.00. The average Bonchev–Trinajstić information content (AvgIpc) is 2.93. The van der Waals surface area contributed by atoms with Crippen LogP contribution in [-0.2, 0) is 4.74 Å². The Labute approximate surface area is 143 Å². The number of hydrogen-bond donors (Lipinski definition) is 1. The molecule has 4 heterocycles. The first-order valence-corrected chi connectivity index (χ1v) is 9.16. The van der Waals surface area contributed by atoms with Crippen LogP contribution in [0.5, 0.6) is 0 Å². The van der Waals surface area contributed by atoms with E-state index in [1.54, 1.807) is 6.20 Å². The van der Waals surface area contributed by atoms with E-state index in [0.29, 0.717) is 17.4 Å². The second kappa shape index (κ2) is 5.08. The predicted octanol–water partition coefficient (Wildman–Crippen LogP) is 3.43. The van der Waals surface area contributed by atoms with Gasteiger partial charge in [-0.05, 0) is 37.0 Å². The number of carbonyl (C=O) groups is 1. The summed E-state index contributed by atoms with van der Waals surface area (Å²) in [5, 5.41) is 0.928. The number of carbonyl (C=O) groups excluding carboxylic acids is 1. The standard InChI is InChI=1S/C18H19BrN2O2/c19-13-1-2-16-14(5-13)15(6-20-16)18(22)23-17-11-3-10-4-12(17)9-21(7-10)8-11/h1-2,5-6,10-12,17,20H,3-4,7-9H2. The van der Waals surface area contributed by atoms with Crippen LogP contribution in [0.2, 0.25) is 0 Å². The van der Waals surface area contributed by atoms with Crippen molar-refractivity contribution in [2.24, 2.45) is 17.8 Å². The maximum atomic E-state index is 12.8. The molecule has 0 amide bonds. The normalized spacial score (nSPS) is 34.9. The van der Waals surface area contributed by atoms with Crippen LogP contribution < -0.4 is 0 Å². The van der Waals surface area contributed by atoms with Crippen LogP contribution in [0.25, 0.3) is 10.9 Å². The fraction of sp³-hybridized carbons (Fsp3) is 0.500. The van der Waals surface area contributed by atoms with Gasteiger partial charge in [0, 0.05) is 53.0 Å². The van der Waals surface area contributed by atoms with Gasteiger partial charge < -0.3 is 14.6 Å². The zero-order valence-electron chi connectivity index (χ0n) is 12.8. The van der Waals surface area contributed by atoms with Crippen molar-refractivity contribution in [1.29, 1.82) is 0 Å². The van der Waals surface area contributed by atoms with Crippen LogP contribution >= 0.6 is 15.9 Å². The molecule has 23 heavy (non-hydrogen) atoms. The van der Waals surface area contributed by atoms with E-state index in [-0.39, 0.29) is 12.1 Å². The highest BCUT2D eigenvalue weighted by Crippen LogP contribution is 2.45. The van der Waals surface area contributed by atoms with Gasteiger partial charge in [-0.3, -0.25) is 0 Å². The summed E-state index contributed by atoms with van der Waals surface area (Å²) in [5.74, 6) is 1.71. The van der Waals surface area contributed by atoms with Crippen molar-refractivity contribution in [1.82, 2.24) is 9.88 Å². The van der Waals surface area contributed by atoms with Crippen molar-refractivity contribution in [3.05, 3.63) is 34.4 Å². The number of ether oxygens (including phenoxy) is 1. The zero-order chi connectivity index (χ0) is 15.6. The molecule has 0 radical (unpaired) electrons. The minimum Gasteiger partial charge on any atom is -0.458 e. The van der Waals surface area contributed by atoms with E-state index in [4.69, 9.17) is 4.74 Å². The van der Waals surface area contributed by atoms with E-state index in [9.17, 15) is 4.79 Å². The van der Waals surface area contributed by atoms with Gasteiger partial charge in [-0.1, -0.05) is 15.9 Å². The number of rotatable bonds is 2. The summed E-state index contributed by atoms with van der Waals surface area (Å²) in [4.78, 5) is 18.5. The number of aromatic nitrogens is 1. The van der Waals surface area contributed by atoms with Gasteiger partial charge >= 0.3 is 5.97 Å². The summed E-state index contributed by atoms with van der Waals surface area (Å²) in [6.45, 7) is 3.46. The molecule has 3 aliphatic heterocycles. The number of benzene rings is 1. The number of hydrogen-bond acceptors (Lipinski definition) is 3. The molecular weight excluding hydrogens is 356 g/mol. The van der Waals surface area contributed by atoms with Crippen LogP contribution in [0.15, 0.2) is 28.9 Å². The second-order valence-corrected chi connectivity index (χ2v) is 8.25. The monoisotopic (exact) mass is 374 g/mol. The van der Waals surface area contributed by atoms with Crippen LogP contribution in [-0.4, -0.2) is 41.6 Å². The number of nitrogens with zero attached hydrogens (tertiary/aromatic N) is 1. The molecule has 3 saturated heterocycles. The lowest BCUT2D eigenvalue weighted by molar-refractivity contribution is -0.116. The number of piperidine rings is 3. The van der Waals surface area contributed by atoms with Gasteiger partial charge in [-0.2, -0.15) is 0 Å². The number of fused-ring (bicyclic) bond motifs is 1. The van der Waals surface area contributed by atoms with E-state index in [2.05, 4.69) is 25.8 Å². The topological polar surface area (TPSA) is 45.3 Å². The van der Waals surface area contributed by atoms with Gasteiger partial charge in [0.05, 0.1) is 5.56 Å². The molecule has 1 saturated carbocycles. The van der Waals surface area contributed by atoms with Crippen molar-refractivity contribution in [2.45, 2.75) is 18.9 Å². The zero-order valence-corrected chi connectivity index (χ0v) is 14.4. The van der Waals surface area contributed by atoms with Gasteiger partial charge in [0.15, 0.2) is 0 Å². The number of esters is 1. The van der Waals surface area contributed by atoms with Gasteiger partial charge in [0.25, 0.3) is 0 Å². The maximum absolute atomic E-state index is 12.8. The third-order valence-electron chi connectivity index (χ3n) is 5.81. The quantitative estimate of drug-likeness (QED) is 0.819. The Balaban J connectivity index is 1.41. The summed E-state index contributed by atoms with van der Waals surface area (Å²) in [7, 11) is 0. The summed E-state index contributed by atoms with van der Waals surface area (Å²) < 4.78 is 6.99. The van der Waals surface area contributed by atoms with Crippen molar-refractivity contribution in [3.8, 4) is 0 Å². The van der Waals surface area contributed by atoms with Crippen LogP contribution in [0.1, 0.15) is 23.2 Å². The average molecular weight is 375 g/mol. The molecular formula is C18H19BrN2O2. The fourth-order valence-corrected chi connectivity index (χ4v) is 5.37. The highest BCUT2D eigenvalue weighted by molar-refractivity contribution is 9.10. The minimum absolute atomic E-state index is 0.104. The molecule has 120 valence electrons. The molecule has 4 bridgehead atoms. The highest BCUT2D eigenvalue weighted by Gasteiger charge is 2.49. The largest absolute Gasteiger partial charge is 0.458 e. The predicted molar refractivity (Wildman–Crippen MR) is 91.3 cm³/mol. The molecule has 4 aliphatic rings. The third-order valence-corrected chi connectivity index (χ3v) is 6.30. The Morgan fingerprint density at radius 1 is 1.22 bits per heavy atom. The van der Waals surface area contributed by atoms with Crippen molar-refractivity contribution < 1.29 is 9.53 Å². The third kappa shape index (κ3) is 2.24. The molecule has 5 heteroatoms. The number of nitrogens with one attached hydrogen (secondary N) is 1. The summed E-state index contributed by atoms with van der Waals surface area (Å²) in [5.41, 5.74) is 1.62. The van der Waals surface area contributed by atoms with Gasteiger partial charge in [-0.25, -0.2) is 4.79 Å². The molecule has 1 aromatic heterocycles. The van der Waals surface area contributed by atoms with E-state index in [0.717, 1.165) is 34.4 Å². The highest BCUT2D eigenvalue weighted by atomic mass is 79.9. The number of halogens is 1. The van der Waals surface area contributed by atoms with Gasteiger partial charge in [0.1, 0.15) is 6.10 Å². The molecule has 1 N–H and O–H groups in total. The Hall–Kier alpha value is -1.33. The molecule has 2 unspecified atom stereocenters. The molecule has 1 aromatic carbocycles. The maximum Gasteiger partial charge on any atom is 0.340 e. The second-order valence-electron chi connectivity index (χ2n) is 7.34. The van der Waals surface area contributed by atoms with Gasteiger partial charge in [0.2, 0.25) is 0 Å². The lowest BCUT2D eigenvalue weighted by Gasteiger charge is -2.55. The Morgan fingerprint density at radius 3 is 2.74 bits per heavy atom. The Morgan fingerprint density at radius 2 is 2.00 bits per heavy atom. The number of aromatic amines is 1. The first kappa shape index (κ1) is 14.1. The molecule has 4 nitrogen and oxygen atoms in total. The van der Waals surface area contributed by atoms with Crippen molar-refractivity contribution in [3.63, 3.8) is 0 Å². The van der Waals surface area contributed by atoms with E-state index < -0.39 is 0 Å². The van der Waals surface area contributed by atoms with Crippen molar-refractivity contribution >= 4 is 32.8 Å².